The van der Waals surface area contributed by atoms with Crippen LogP contribution in [0.2, 0.25) is 5.02 Å². The van der Waals surface area contributed by atoms with E-state index in [9.17, 15) is 9.90 Å². The molecule has 0 radical (unpaired) electrons. The summed E-state index contributed by atoms with van der Waals surface area (Å²) in [5, 5.41) is 19.2. The molecule has 1 aromatic carbocycles. The van der Waals surface area contributed by atoms with Crippen LogP contribution in [0, 0.1) is 0 Å². The zero-order valence-electron chi connectivity index (χ0n) is 10.6. The van der Waals surface area contributed by atoms with E-state index in [0.29, 0.717) is 5.69 Å². The van der Waals surface area contributed by atoms with Crippen molar-refractivity contribution in [2.45, 2.75) is 19.4 Å². The van der Waals surface area contributed by atoms with Crippen LogP contribution in [0.1, 0.15) is 24.2 Å². The van der Waals surface area contributed by atoms with Gasteiger partial charge in [0.15, 0.2) is 0 Å². The number of nitrogens with two attached hydrogens (primary N) is 1. The normalized spacial score (nSPS) is 11.4. The molecular formula is C12H17ClN2O3. The molecule has 0 unspecified atom stereocenters. The Bertz CT molecular complexity index is 469. The van der Waals surface area contributed by atoms with Gasteiger partial charge in [0.25, 0.3) is 0 Å². The molecule has 0 saturated carbocycles. The van der Waals surface area contributed by atoms with Gasteiger partial charge in [0.05, 0.1) is 21.9 Å². The van der Waals surface area contributed by atoms with Gasteiger partial charge in [0.2, 0.25) is 0 Å². The van der Waals surface area contributed by atoms with Crippen molar-refractivity contribution in [3.05, 3.63) is 22.7 Å². The number of rotatable bonds is 4. The van der Waals surface area contributed by atoms with E-state index in [0.717, 1.165) is 0 Å². The van der Waals surface area contributed by atoms with Crippen molar-refractivity contribution >= 4 is 28.9 Å². The molecule has 0 saturated heterocycles. The van der Waals surface area contributed by atoms with E-state index in [1.807, 2.05) is 0 Å². The molecule has 100 valence electrons. The largest absolute Gasteiger partial charge is 0.478 e. The van der Waals surface area contributed by atoms with Gasteiger partial charge in [-0.1, -0.05) is 11.6 Å². The molecule has 0 bridgehead atoms. The molecule has 0 amide bonds. The minimum Gasteiger partial charge on any atom is -0.478 e. The summed E-state index contributed by atoms with van der Waals surface area (Å²) < 4.78 is 0. The molecule has 0 atom stereocenters. The van der Waals surface area contributed by atoms with Crippen molar-refractivity contribution in [2.75, 3.05) is 24.2 Å². The highest BCUT2D eigenvalue weighted by Crippen LogP contribution is 2.32. The van der Waals surface area contributed by atoms with Crippen LogP contribution >= 0.6 is 11.6 Å². The van der Waals surface area contributed by atoms with Gasteiger partial charge < -0.3 is 20.8 Å². The molecule has 0 fully saturated rings. The van der Waals surface area contributed by atoms with Gasteiger partial charge in [-0.3, -0.25) is 0 Å². The van der Waals surface area contributed by atoms with Crippen LogP contribution in [0.25, 0.3) is 0 Å². The monoisotopic (exact) mass is 272 g/mol. The van der Waals surface area contributed by atoms with Crippen LogP contribution in [-0.4, -0.2) is 35.4 Å². The summed E-state index contributed by atoms with van der Waals surface area (Å²) in [6, 6.07) is 2.84. The summed E-state index contributed by atoms with van der Waals surface area (Å²) in [5.74, 6) is -1.11. The SMILES string of the molecule is CN(CC(C)(C)O)c1c(Cl)cc(N)cc1C(=O)O. The van der Waals surface area contributed by atoms with E-state index in [-0.39, 0.29) is 22.8 Å². The summed E-state index contributed by atoms with van der Waals surface area (Å²) in [6.45, 7) is 3.52. The lowest BCUT2D eigenvalue weighted by Crippen LogP contribution is -2.37. The maximum absolute atomic E-state index is 11.2. The topological polar surface area (TPSA) is 86.8 Å². The molecule has 1 rings (SSSR count). The second-order valence-corrected chi connectivity index (χ2v) is 5.28. The predicted octanol–water partition coefficient (Wildman–Crippen LogP) is 1.83. The number of hydrogen-bond donors (Lipinski definition) is 3. The molecule has 4 N–H and O–H groups in total. The van der Waals surface area contributed by atoms with E-state index in [1.165, 1.54) is 12.1 Å². The molecule has 0 aliphatic rings. The first-order chi connectivity index (χ1) is 8.11. The van der Waals surface area contributed by atoms with Gasteiger partial charge in [0, 0.05) is 19.3 Å². The number of aliphatic hydroxyl groups is 1. The molecule has 1 aromatic rings. The second kappa shape index (κ2) is 5.04. The Morgan fingerprint density at radius 3 is 2.50 bits per heavy atom. The summed E-state index contributed by atoms with van der Waals surface area (Å²) in [5.41, 5.74) is 5.27. The quantitative estimate of drug-likeness (QED) is 0.728. The van der Waals surface area contributed by atoms with Crippen molar-refractivity contribution in [2.24, 2.45) is 0 Å². The van der Waals surface area contributed by atoms with Crippen LogP contribution < -0.4 is 10.6 Å². The number of likely N-dealkylation sites (N-methyl/N-ethyl adjacent to an activating group) is 1. The number of aromatic carboxylic acids is 1. The van der Waals surface area contributed by atoms with Crippen molar-refractivity contribution in [1.29, 1.82) is 0 Å². The molecule has 0 spiro atoms. The van der Waals surface area contributed by atoms with E-state index in [1.54, 1.807) is 25.8 Å². The summed E-state index contributed by atoms with van der Waals surface area (Å²) in [6.07, 6.45) is 0. The fourth-order valence-corrected chi connectivity index (χ4v) is 2.20. The molecule has 5 nitrogen and oxygen atoms in total. The zero-order chi connectivity index (χ0) is 14.1. The first-order valence-electron chi connectivity index (χ1n) is 5.37. The van der Waals surface area contributed by atoms with Crippen molar-refractivity contribution in [3.8, 4) is 0 Å². The molecule has 6 heteroatoms. The maximum atomic E-state index is 11.2. The Morgan fingerprint density at radius 1 is 1.50 bits per heavy atom. The number of nitrogen functional groups attached to an aromatic ring is 1. The third kappa shape index (κ3) is 3.51. The number of anilines is 2. The van der Waals surface area contributed by atoms with Gasteiger partial charge in [-0.25, -0.2) is 4.79 Å². The van der Waals surface area contributed by atoms with Crippen molar-refractivity contribution in [1.82, 2.24) is 0 Å². The first-order valence-corrected chi connectivity index (χ1v) is 5.75. The fraction of sp³-hybridized carbons (Fsp3) is 0.417. The van der Waals surface area contributed by atoms with Gasteiger partial charge in [-0.05, 0) is 26.0 Å². The van der Waals surface area contributed by atoms with Crippen LogP contribution in [0.4, 0.5) is 11.4 Å². The number of carboxylic acids is 1. The number of carbonyl (C=O) groups is 1. The lowest BCUT2D eigenvalue weighted by atomic mass is 10.1. The number of carboxylic acid groups (broad SMARTS) is 1. The number of nitrogens with zero attached hydrogens (tertiary/aromatic N) is 1. The Kier molecular flexibility index (Phi) is 4.09. The Balaban J connectivity index is 3.26. The Hall–Kier alpha value is -1.46. The van der Waals surface area contributed by atoms with Crippen LogP contribution in [-0.2, 0) is 0 Å². The van der Waals surface area contributed by atoms with Gasteiger partial charge >= 0.3 is 5.97 Å². The smallest absolute Gasteiger partial charge is 0.337 e. The highest BCUT2D eigenvalue weighted by atomic mass is 35.5. The Labute approximate surface area is 111 Å². The molecule has 0 aromatic heterocycles. The number of halogens is 1. The van der Waals surface area contributed by atoms with Gasteiger partial charge in [-0.2, -0.15) is 0 Å². The average molecular weight is 273 g/mol. The van der Waals surface area contributed by atoms with E-state index in [2.05, 4.69) is 0 Å². The zero-order valence-corrected chi connectivity index (χ0v) is 11.3. The summed E-state index contributed by atoms with van der Waals surface area (Å²) in [4.78, 5) is 12.8. The molecular weight excluding hydrogens is 256 g/mol. The van der Waals surface area contributed by atoms with E-state index < -0.39 is 11.6 Å². The fourth-order valence-electron chi connectivity index (χ4n) is 1.83. The van der Waals surface area contributed by atoms with Crippen LogP contribution in [0.3, 0.4) is 0 Å². The second-order valence-electron chi connectivity index (χ2n) is 4.87. The first kappa shape index (κ1) is 14.6. The maximum Gasteiger partial charge on any atom is 0.337 e. The van der Waals surface area contributed by atoms with Crippen LogP contribution in [0.15, 0.2) is 12.1 Å². The van der Waals surface area contributed by atoms with Crippen LogP contribution in [0.5, 0.6) is 0 Å². The Morgan fingerprint density at radius 2 is 2.06 bits per heavy atom. The molecule has 0 heterocycles. The predicted molar refractivity (Wildman–Crippen MR) is 72.4 cm³/mol. The van der Waals surface area contributed by atoms with E-state index in [4.69, 9.17) is 22.4 Å². The minimum atomic E-state index is -1.11. The van der Waals surface area contributed by atoms with Crippen molar-refractivity contribution in [3.63, 3.8) is 0 Å². The highest BCUT2D eigenvalue weighted by molar-refractivity contribution is 6.34. The lowest BCUT2D eigenvalue weighted by Gasteiger charge is -2.29. The minimum absolute atomic E-state index is 0.0201. The van der Waals surface area contributed by atoms with Crippen molar-refractivity contribution < 1.29 is 15.0 Å². The molecule has 0 aliphatic carbocycles. The third-order valence-corrected chi connectivity index (χ3v) is 2.61. The summed E-state index contributed by atoms with van der Waals surface area (Å²) >= 11 is 6.04. The average Bonchev–Trinajstić information content (AvgIpc) is 2.12. The lowest BCUT2D eigenvalue weighted by molar-refractivity contribution is 0.0694. The molecule has 18 heavy (non-hydrogen) atoms. The number of benzene rings is 1. The summed E-state index contributed by atoms with van der Waals surface area (Å²) in [7, 11) is 1.67. The van der Waals surface area contributed by atoms with Gasteiger partial charge in [0.1, 0.15) is 0 Å². The van der Waals surface area contributed by atoms with Gasteiger partial charge in [-0.15, -0.1) is 0 Å². The molecule has 0 aliphatic heterocycles. The van der Waals surface area contributed by atoms with E-state index >= 15 is 0 Å². The highest BCUT2D eigenvalue weighted by Gasteiger charge is 2.22. The third-order valence-electron chi connectivity index (χ3n) is 2.32. The number of hydrogen-bond acceptors (Lipinski definition) is 4. The standard InChI is InChI=1S/C12H17ClN2O3/c1-12(2,18)6-15(3)10-8(11(16)17)4-7(14)5-9(10)13/h4-5,18H,6,14H2,1-3H3,(H,16,17).